The summed E-state index contributed by atoms with van der Waals surface area (Å²) in [5.41, 5.74) is 1.01. The van der Waals surface area contributed by atoms with Crippen LogP contribution in [0.2, 0.25) is 0 Å². The van der Waals surface area contributed by atoms with Gasteiger partial charge in [0, 0.05) is 24.7 Å². The lowest BCUT2D eigenvalue weighted by molar-refractivity contribution is -0.103. The van der Waals surface area contributed by atoms with Gasteiger partial charge in [-0.1, -0.05) is 31.0 Å². The summed E-state index contributed by atoms with van der Waals surface area (Å²) in [6.07, 6.45) is 4.75. The maximum atomic E-state index is 10.4. The van der Waals surface area contributed by atoms with E-state index in [1.807, 2.05) is 24.3 Å². The quantitative estimate of drug-likeness (QED) is 0.828. The Labute approximate surface area is 144 Å². The maximum absolute atomic E-state index is 10.4. The number of hydrogen-bond donors (Lipinski definition) is 1. The third-order valence-electron chi connectivity index (χ3n) is 5.05. The van der Waals surface area contributed by atoms with Gasteiger partial charge in [-0.25, -0.2) is 0 Å². The zero-order valence-electron chi connectivity index (χ0n) is 14.5. The number of benzene rings is 1. The van der Waals surface area contributed by atoms with Crippen LogP contribution in [0.25, 0.3) is 0 Å². The van der Waals surface area contributed by atoms with Crippen LogP contribution in [0, 0.1) is 0 Å². The van der Waals surface area contributed by atoms with Gasteiger partial charge in [-0.3, -0.25) is 4.90 Å². The van der Waals surface area contributed by atoms with E-state index >= 15 is 0 Å². The fraction of sp³-hybridized carbons (Fsp3) is 0.684. The van der Waals surface area contributed by atoms with Crippen molar-refractivity contribution < 1.29 is 19.3 Å². The number of β-amino-alcohol motifs (C(OH)–C–C–N with tert-alkyl or cyclic N) is 1. The van der Waals surface area contributed by atoms with Gasteiger partial charge in [-0.15, -0.1) is 0 Å². The summed E-state index contributed by atoms with van der Waals surface area (Å²) in [5, 5.41) is 10.4. The summed E-state index contributed by atoms with van der Waals surface area (Å²) < 4.78 is 16.9. The minimum Gasteiger partial charge on any atom is -0.496 e. The molecular weight excluding hydrogens is 306 g/mol. The number of morpholine rings is 1. The monoisotopic (exact) mass is 335 g/mol. The number of nitrogens with zero attached hydrogens (tertiary/aromatic N) is 1. The van der Waals surface area contributed by atoms with E-state index in [9.17, 15) is 5.11 Å². The second-order valence-corrected chi connectivity index (χ2v) is 6.74. The van der Waals surface area contributed by atoms with Crippen molar-refractivity contribution in [2.24, 2.45) is 0 Å². The highest BCUT2D eigenvalue weighted by atomic mass is 16.5. The Morgan fingerprint density at radius 1 is 1.29 bits per heavy atom. The highest BCUT2D eigenvalue weighted by Crippen LogP contribution is 2.28. The van der Waals surface area contributed by atoms with Gasteiger partial charge in [0.05, 0.1) is 39.1 Å². The number of ether oxygens (including phenoxy) is 3. The molecule has 1 aliphatic heterocycles. The molecule has 1 aromatic rings. The minimum absolute atomic E-state index is 0.340. The van der Waals surface area contributed by atoms with Crippen LogP contribution in [0.15, 0.2) is 24.3 Å². The summed E-state index contributed by atoms with van der Waals surface area (Å²) in [6.45, 7) is 3.14. The van der Waals surface area contributed by atoms with Crippen molar-refractivity contribution in [3.8, 4) is 5.75 Å². The molecule has 0 amide bonds. The lowest BCUT2D eigenvalue weighted by atomic mass is 9.90. The van der Waals surface area contributed by atoms with Crippen LogP contribution >= 0.6 is 0 Å². The number of aliphatic hydroxyl groups is 1. The van der Waals surface area contributed by atoms with Gasteiger partial charge in [0.1, 0.15) is 5.75 Å². The topological polar surface area (TPSA) is 51.2 Å². The molecule has 0 unspecified atom stereocenters. The average Bonchev–Trinajstić information content (AvgIpc) is 2.62. The van der Waals surface area contributed by atoms with Crippen LogP contribution < -0.4 is 4.74 Å². The summed E-state index contributed by atoms with van der Waals surface area (Å²) >= 11 is 0. The molecule has 5 nitrogen and oxygen atoms in total. The second kappa shape index (κ2) is 8.81. The van der Waals surface area contributed by atoms with E-state index in [2.05, 4.69) is 4.90 Å². The molecule has 3 rings (SSSR count). The van der Waals surface area contributed by atoms with Gasteiger partial charge in [0.2, 0.25) is 0 Å². The van der Waals surface area contributed by atoms with Crippen molar-refractivity contribution in [2.75, 3.05) is 33.4 Å². The maximum Gasteiger partial charge on any atom is 0.124 e. The predicted octanol–water partition coefficient (Wildman–Crippen LogP) is 2.22. The summed E-state index contributed by atoms with van der Waals surface area (Å²) in [6, 6.07) is 8.28. The third kappa shape index (κ3) is 4.48. The molecule has 1 saturated carbocycles. The Kier molecular flexibility index (Phi) is 6.49. The summed E-state index contributed by atoms with van der Waals surface area (Å²) in [4.78, 5) is 2.39. The molecule has 0 spiro atoms. The predicted molar refractivity (Wildman–Crippen MR) is 92.2 cm³/mol. The smallest absolute Gasteiger partial charge is 0.124 e. The molecule has 0 aromatic heterocycles. The minimum atomic E-state index is -0.472. The zero-order valence-corrected chi connectivity index (χ0v) is 14.5. The molecular formula is C19H29NO4. The number of para-hydroxylation sites is 1. The van der Waals surface area contributed by atoms with Gasteiger partial charge < -0.3 is 19.3 Å². The first-order valence-corrected chi connectivity index (χ1v) is 9.01. The molecule has 1 heterocycles. The van der Waals surface area contributed by atoms with Gasteiger partial charge in [0.25, 0.3) is 0 Å². The first-order chi connectivity index (χ1) is 11.8. The molecule has 2 fully saturated rings. The van der Waals surface area contributed by atoms with E-state index in [4.69, 9.17) is 14.2 Å². The molecule has 3 atom stereocenters. The van der Waals surface area contributed by atoms with Crippen molar-refractivity contribution in [2.45, 2.75) is 50.5 Å². The van der Waals surface area contributed by atoms with E-state index in [1.54, 1.807) is 7.11 Å². The van der Waals surface area contributed by atoms with Crippen LogP contribution in [0.5, 0.6) is 5.75 Å². The number of aliphatic hydroxyl groups excluding tert-OH is 1. The van der Waals surface area contributed by atoms with Crippen molar-refractivity contribution >= 4 is 0 Å². The van der Waals surface area contributed by atoms with Gasteiger partial charge in [-0.05, 0) is 18.9 Å². The molecule has 1 N–H and O–H groups in total. The SMILES string of the molecule is COc1ccccc1COC[C@H](O)CN1CCO[C@H]2CCCC[C@H]21. The van der Waals surface area contributed by atoms with E-state index in [-0.39, 0.29) is 0 Å². The van der Waals surface area contributed by atoms with E-state index in [1.165, 1.54) is 19.3 Å². The molecule has 134 valence electrons. The van der Waals surface area contributed by atoms with Crippen LogP contribution in [0.1, 0.15) is 31.2 Å². The van der Waals surface area contributed by atoms with E-state index in [0.717, 1.165) is 30.9 Å². The average molecular weight is 335 g/mol. The first kappa shape index (κ1) is 17.7. The van der Waals surface area contributed by atoms with Crippen LogP contribution in [-0.4, -0.2) is 61.7 Å². The fourth-order valence-electron chi connectivity index (χ4n) is 3.85. The molecule has 1 saturated heterocycles. The van der Waals surface area contributed by atoms with E-state index in [0.29, 0.717) is 31.9 Å². The second-order valence-electron chi connectivity index (χ2n) is 6.74. The number of hydrogen-bond acceptors (Lipinski definition) is 5. The van der Waals surface area contributed by atoms with Crippen LogP contribution in [0.3, 0.4) is 0 Å². The molecule has 0 bridgehead atoms. The normalized spacial score (nSPS) is 25.9. The van der Waals surface area contributed by atoms with Crippen molar-refractivity contribution in [1.29, 1.82) is 0 Å². The van der Waals surface area contributed by atoms with Gasteiger partial charge in [0.15, 0.2) is 0 Å². The number of methoxy groups -OCH3 is 1. The Bertz CT molecular complexity index is 508. The van der Waals surface area contributed by atoms with Crippen LogP contribution in [-0.2, 0) is 16.1 Å². The van der Waals surface area contributed by atoms with Crippen molar-refractivity contribution in [1.82, 2.24) is 4.90 Å². The first-order valence-electron chi connectivity index (χ1n) is 9.01. The molecule has 0 radical (unpaired) electrons. The van der Waals surface area contributed by atoms with Crippen LogP contribution in [0.4, 0.5) is 0 Å². The number of fused-ring (bicyclic) bond motifs is 1. The molecule has 1 aliphatic carbocycles. The highest BCUT2D eigenvalue weighted by Gasteiger charge is 2.34. The van der Waals surface area contributed by atoms with Gasteiger partial charge in [-0.2, -0.15) is 0 Å². The van der Waals surface area contributed by atoms with Crippen molar-refractivity contribution in [3.63, 3.8) is 0 Å². The number of rotatable bonds is 7. The zero-order chi connectivity index (χ0) is 16.8. The Morgan fingerprint density at radius 3 is 3.00 bits per heavy atom. The fourth-order valence-corrected chi connectivity index (χ4v) is 3.85. The standard InChI is InChI=1S/C19H29NO4/c1-22-18-8-4-2-6-15(18)13-23-14-16(21)12-20-10-11-24-19-9-5-3-7-17(19)20/h2,4,6,8,16-17,19,21H,3,5,7,9-14H2,1H3/t16-,17-,19+/m1/s1. The highest BCUT2D eigenvalue weighted by molar-refractivity contribution is 5.32. The Morgan fingerprint density at radius 2 is 2.12 bits per heavy atom. The third-order valence-corrected chi connectivity index (χ3v) is 5.05. The molecule has 1 aromatic carbocycles. The van der Waals surface area contributed by atoms with E-state index < -0.39 is 6.10 Å². The van der Waals surface area contributed by atoms with Gasteiger partial charge >= 0.3 is 0 Å². The Balaban J connectivity index is 1.44. The summed E-state index contributed by atoms with van der Waals surface area (Å²) in [7, 11) is 1.66. The lowest BCUT2D eigenvalue weighted by Gasteiger charge is -2.44. The largest absolute Gasteiger partial charge is 0.496 e. The van der Waals surface area contributed by atoms with Crippen molar-refractivity contribution in [3.05, 3.63) is 29.8 Å². The molecule has 24 heavy (non-hydrogen) atoms. The molecule has 5 heteroatoms. The lowest BCUT2D eigenvalue weighted by Crippen LogP contribution is -2.54. The Hall–Kier alpha value is -1.14. The summed E-state index contributed by atoms with van der Waals surface area (Å²) in [5.74, 6) is 0.824. The molecule has 2 aliphatic rings.